The lowest BCUT2D eigenvalue weighted by atomic mass is 10.1. The number of aromatic nitrogens is 1. The number of hydrogen-bond acceptors (Lipinski definition) is 6. The molecule has 7 nitrogen and oxygen atoms in total. The molecule has 2 amide bonds. The molecule has 0 saturated carbocycles. The molecule has 0 fully saturated rings. The SMILES string of the molecule is CC(C)(C)OC(=O)CN(Sc1cc(Cl)cc(Cl)c1)c1cccc2c1CCN2C(=O)Nc1cccnc1. The molecule has 36 heavy (non-hydrogen) atoms. The van der Waals surface area contributed by atoms with Crippen LogP contribution < -0.4 is 14.5 Å². The molecule has 1 N–H and O–H groups in total. The molecule has 1 aliphatic rings. The van der Waals surface area contributed by atoms with Gasteiger partial charge in [0.2, 0.25) is 0 Å². The van der Waals surface area contributed by atoms with Crippen LogP contribution in [-0.2, 0) is 16.0 Å². The Morgan fingerprint density at radius 2 is 1.89 bits per heavy atom. The highest BCUT2D eigenvalue weighted by Gasteiger charge is 2.30. The van der Waals surface area contributed by atoms with E-state index in [0.717, 1.165) is 21.8 Å². The number of amides is 2. The van der Waals surface area contributed by atoms with Gasteiger partial charge in [-0.05, 0) is 81.6 Å². The monoisotopic (exact) mass is 544 g/mol. The Bertz CT molecular complexity index is 1250. The Morgan fingerprint density at radius 3 is 2.56 bits per heavy atom. The topological polar surface area (TPSA) is 74.8 Å². The number of nitrogens with zero attached hydrogens (tertiary/aromatic N) is 3. The first-order valence-corrected chi connectivity index (χ1v) is 12.9. The molecule has 0 atom stereocenters. The fourth-order valence-corrected chi connectivity index (χ4v) is 5.56. The van der Waals surface area contributed by atoms with Crippen molar-refractivity contribution in [3.63, 3.8) is 0 Å². The summed E-state index contributed by atoms with van der Waals surface area (Å²) in [7, 11) is 0. The fourth-order valence-electron chi connectivity index (χ4n) is 3.85. The van der Waals surface area contributed by atoms with E-state index in [-0.39, 0.29) is 18.5 Å². The molecule has 188 valence electrons. The van der Waals surface area contributed by atoms with Gasteiger partial charge in [0.05, 0.1) is 23.3 Å². The number of urea groups is 1. The van der Waals surface area contributed by atoms with Gasteiger partial charge >= 0.3 is 12.0 Å². The van der Waals surface area contributed by atoms with E-state index in [2.05, 4.69) is 10.3 Å². The number of ether oxygens (including phenoxy) is 1. The van der Waals surface area contributed by atoms with Crippen LogP contribution in [0, 0.1) is 0 Å². The summed E-state index contributed by atoms with van der Waals surface area (Å²) in [5, 5.41) is 3.88. The molecule has 0 bridgehead atoms. The summed E-state index contributed by atoms with van der Waals surface area (Å²) in [4.78, 5) is 32.4. The van der Waals surface area contributed by atoms with Gasteiger partial charge in [-0.25, -0.2) is 4.79 Å². The van der Waals surface area contributed by atoms with Crippen LogP contribution in [-0.4, -0.2) is 35.7 Å². The lowest BCUT2D eigenvalue weighted by molar-refractivity contribution is -0.152. The van der Waals surface area contributed by atoms with Gasteiger partial charge in [0.15, 0.2) is 0 Å². The first-order valence-electron chi connectivity index (χ1n) is 11.3. The van der Waals surface area contributed by atoms with Gasteiger partial charge in [-0.2, -0.15) is 0 Å². The number of esters is 1. The summed E-state index contributed by atoms with van der Waals surface area (Å²) >= 11 is 13.8. The Labute approximate surface area is 224 Å². The maximum absolute atomic E-state index is 13.0. The lowest BCUT2D eigenvalue weighted by Gasteiger charge is -2.27. The maximum atomic E-state index is 13.0. The average Bonchev–Trinajstić information content (AvgIpc) is 3.22. The Morgan fingerprint density at radius 1 is 1.14 bits per heavy atom. The van der Waals surface area contributed by atoms with Crippen LogP contribution in [0.1, 0.15) is 26.3 Å². The number of pyridine rings is 1. The number of rotatable bonds is 6. The molecule has 0 unspecified atom stereocenters. The number of halogens is 2. The van der Waals surface area contributed by atoms with Gasteiger partial charge < -0.3 is 14.4 Å². The van der Waals surface area contributed by atoms with E-state index >= 15 is 0 Å². The predicted molar refractivity (Wildman–Crippen MR) is 146 cm³/mol. The van der Waals surface area contributed by atoms with E-state index in [1.807, 2.05) is 43.3 Å². The van der Waals surface area contributed by atoms with Crippen LogP contribution in [0.5, 0.6) is 0 Å². The first-order chi connectivity index (χ1) is 17.1. The standard InChI is InChI=1S/C26H26Cl2N4O3S/c1-26(2,3)35-24(33)16-32(36-20-13-17(27)12-18(28)14-20)23-8-4-7-22-21(23)9-11-31(22)25(34)30-19-6-5-10-29-15-19/h4-8,10,12-15H,9,11,16H2,1-3H3,(H,30,34). The van der Waals surface area contributed by atoms with E-state index in [1.54, 1.807) is 47.6 Å². The molecular formula is C26H26Cl2N4O3S. The normalized spacial score (nSPS) is 12.8. The predicted octanol–water partition coefficient (Wildman–Crippen LogP) is 6.84. The molecule has 10 heteroatoms. The van der Waals surface area contributed by atoms with Crippen molar-refractivity contribution in [1.82, 2.24) is 4.98 Å². The van der Waals surface area contributed by atoms with Gasteiger partial charge in [-0.1, -0.05) is 29.3 Å². The van der Waals surface area contributed by atoms with Crippen molar-refractivity contribution in [2.45, 2.75) is 37.7 Å². The second-order valence-corrected chi connectivity index (χ2v) is 11.1. The van der Waals surface area contributed by atoms with Gasteiger partial charge in [0, 0.05) is 33.2 Å². The van der Waals surface area contributed by atoms with Crippen LogP contribution in [0.2, 0.25) is 10.0 Å². The summed E-state index contributed by atoms with van der Waals surface area (Å²) in [6.45, 7) is 5.99. The Balaban J connectivity index is 1.64. The maximum Gasteiger partial charge on any atom is 0.327 e. The molecular weight excluding hydrogens is 519 g/mol. The molecule has 2 aromatic carbocycles. The van der Waals surface area contributed by atoms with E-state index in [9.17, 15) is 9.59 Å². The summed E-state index contributed by atoms with van der Waals surface area (Å²) < 4.78 is 7.45. The molecule has 2 heterocycles. The van der Waals surface area contributed by atoms with Crippen molar-refractivity contribution >= 4 is 64.2 Å². The summed E-state index contributed by atoms with van der Waals surface area (Å²) in [6, 6.07) is 14.3. The fraction of sp³-hybridized carbons (Fsp3) is 0.269. The summed E-state index contributed by atoms with van der Waals surface area (Å²) in [5.74, 6) is -0.370. The van der Waals surface area contributed by atoms with Crippen LogP contribution >= 0.6 is 35.1 Å². The highest BCUT2D eigenvalue weighted by atomic mass is 35.5. The van der Waals surface area contributed by atoms with Crippen molar-refractivity contribution in [1.29, 1.82) is 0 Å². The highest BCUT2D eigenvalue weighted by molar-refractivity contribution is 8.00. The highest BCUT2D eigenvalue weighted by Crippen LogP contribution is 2.40. The largest absolute Gasteiger partial charge is 0.459 e. The van der Waals surface area contributed by atoms with Crippen LogP contribution in [0.4, 0.5) is 21.9 Å². The molecule has 1 aliphatic heterocycles. The number of benzene rings is 2. The lowest BCUT2D eigenvalue weighted by Crippen LogP contribution is -2.33. The van der Waals surface area contributed by atoms with Crippen LogP contribution in [0.15, 0.2) is 65.8 Å². The minimum Gasteiger partial charge on any atom is -0.459 e. The van der Waals surface area contributed by atoms with Crippen molar-refractivity contribution in [2.75, 3.05) is 27.6 Å². The number of hydrogen-bond donors (Lipinski definition) is 1. The molecule has 0 spiro atoms. The van der Waals surface area contributed by atoms with Crippen LogP contribution in [0.25, 0.3) is 0 Å². The van der Waals surface area contributed by atoms with Gasteiger partial charge in [0.1, 0.15) is 12.1 Å². The minimum atomic E-state index is -0.618. The number of carbonyl (C=O) groups excluding carboxylic acids is 2. The quantitative estimate of drug-likeness (QED) is 0.270. The second-order valence-electron chi connectivity index (χ2n) is 9.17. The van der Waals surface area contributed by atoms with Gasteiger partial charge in [0.25, 0.3) is 0 Å². The minimum absolute atomic E-state index is 0.00952. The Kier molecular flexibility index (Phi) is 7.97. The summed E-state index contributed by atoms with van der Waals surface area (Å²) in [5.41, 5.74) is 2.56. The smallest absolute Gasteiger partial charge is 0.327 e. The molecule has 0 aliphatic carbocycles. The molecule has 3 aromatic rings. The molecule has 0 radical (unpaired) electrons. The van der Waals surface area contributed by atoms with E-state index in [0.29, 0.717) is 28.7 Å². The zero-order valence-corrected chi connectivity index (χ0v) is 22.5. The molecule has 1 aromatic heterocycles. The summed E-state index contributed by atoms with van der Waals surface area (Å²) in [6.07, 6.45) is 3.88. The van der Waals surface area contributed by atoms with E-state index < -0.39 is 5.60 Å². The Hall–Kier alpha value is -2.94. The third-order valence-corrected chi connectivity index (χ3v) is 6.60. The average molecular weight is 545 g/mol. The third kappa shape index (κ3) is 6.63. The van der Waals surface area contributed by atoms with Crippen LogP contribution in [0.3, 0.4) is 0 Å². The molecule has 4 rings (SSSR count). The van der Waals surface area contributed by atoms with Crippen molar-refractivity contribution in [3.05, 3.63) is 76.5 Å². The van der Waals surface area contributed by atoms with Gasteiger partial charge in [-0.3, -0.25) is 14.7 Å². The van der Waals surface area contributed by atoms with Crippen molar-refractivity contribution in [3.8, 4) is 0 Å². The zero-order valence-electron chi connectivity index (χ0n) is 20.1. The zero-order chi connectivity index (χ0) is 25.9. The van der Waals surface area contributed by atoms with Crippen molar-refractivity contribution in [2.24, 2.45) is 0 Å². The number of carbonyl (C=O) groups is 2. The molecule has 0 saturated heterocycles. The van der Waals surface area contributed by atoms with Crippen molar-refractivity contribution < 1.29 is 14.3 Å². The van der Waals surface area contributed by atoms with Gasteiger partial charge in [-0.15, -0.1) is 0 Å². The third-order valence-electron chi connectivity index (χ3n) is 5.17. The van der Waals surface area contributed by atoms with E-state index in [4.69, 9.17) is 27.9 Å². The number of fused-ring (bicyclic) bond motifs is 1. The number of nitrogens with one attached hydrogen (secondary N) is 1. The number of anilines is 3. The first kappa shape index (κ1) is 26.1. The van der Waals surface area contributed by atoms with E-state index in [1.165, 1.54) is 11.9 Å². The second kappa shape index (κ2) is 11.0.